The number of likely N-dealkylation sites (N-methyl/N-ethyl adjacent to an activating group) is 1. The first-order valence-corrected chi connectivity index (χ1v) is 7.25. The largest absolute Gasteiger partial charge is 0.315 e. The highest BCUT2D eigenvalue weighted by atomic mass is 15.0. The van der Waals surface area contributed by atoms with E-state index < -0.39 is 0 Å². The second kappa shape index (κ2) is 13.0. The molecule has 0 aliphatic carbocycles. The van der Waals surface area contributed by atoms with E-state index >= 15 is 0 Å². The van der Waals surface area contributed by atoms with Crippen LogP contribution in [-0.2, 0) is 0 Å². The van der Waals surface area contributed by atoms with E-state index in [4.69, 9.17) is 0 Å². The molecule has 0 saturated heterocycles. The molecule has 1 atom stereocenters. The van der Waals surface area contributed by atoms with Crippen LogP contribution in [0.15, 0.2) is 0 Å². The number of hydrogen-bond donors (Lipinski definition) is 2. The molecule has 0 spiro atoms. The second-order valence-electron chi connectivity index (χ2n) is 4.78. The minimum atomic E-state index is 0.611. The molecule has 0 aliphatic heterocycles. The van der Waals surface area contributed by atoms with Crippen molar-refractivity contribution in [2.45, 2.75) is 71.8 Å². The van der Waals surface area contributed by atoms with E-state index in [2.05, 4.69) is 31.4 Å². The lowest BCUT2D eigenvalue weighted by atomic mass is 10.1. The fraction of sp³-hybridized carbons (Fsp3) is 1.00. The SMILES string of the molecule is CCCCCCCCCNC(C)CNCC. The van der Waals surface area contributed by atoms with Gasteiger partial charge in [0.1, 0.15) is 0 Å². The molecule has 98 valence electrons. The highest BCUT2D eigenvalue weighted by molar-refractivity contribution is 4.62. The third-order valence-electron chi connectivity index (χ3n) is 2.97. The molecule has 0 aromatic heterocycles. The first-order chi connectivity index (χ1) is 7.81. The van der Waals surface area contributed by atoms with Gasteiger partial charge in [-0.15, -0.1) is 0 Å². The molecule has 0 saturated carbocycles. The molecule has 0 fully saturated rings. The molecule has 0 bridgehead atoms. The van der Waals surface area contributed by atoms with Gasteiger partial charge in [0, 0.05) is 12.6 Å². The molecule has 0 heterocycles. The molecule has 0 aromatic carbocycles. The smallest absolute Gasteiger partial charge is 0.0164 e. The monoisotopic (exact) mass is 228 g/mol. The molecule has 0 aliphatic rings. The Morgan fingerprint density at radius 3 is 2.12 bits per heavy atom. The van der Waals surface area contributed by atoms with Crippen molar-refractivity contribution in [2.75, 3.05) is 19.6 Å². The normalized spacial score (nSPS) is 12.9. The number of hydrogen-bond acceptors (Lipinski definition) is 2. The van der Waals surface area contributed by atoms with Crippen LogP contribution in [0.4, 0.5) is 0 Å². The van der Waals surface area contributed by atoms with E-state index in [-0.39, 0.29) is 0 Å². The van der Waals surface area contributed by atoms with Crippen molar-refractivity contribution >= 4 is 0 Å². The van der Waals surface area contributed by atoms with Crippen LogP contribution in [0.25, 0.3) is 0 Å². The maximum Gasteiger partial charge on any atom is 0.0164 e. The minimum Gasteiger partial charge on any atom is -0.315 e. The van der Waals surface area contributed by atoms with Crippen LogP contribution in [0.5, 0.6) is 0 Å². The lowest BCUT2D eigenvalue weighted by molar-refractivity contribution is 0.488. The summed E-state index contributed by atoms with van der Waals surface area (Å²) in [7, 11) is 0. The summed E-state index contributed by atoms with van der Waals surface area (Å²) in [4.78, 5) is 0. The van der Waals surface area contributed by atoms with Gasteiger partial charge >= 0.3 is 0 Å². The van der Waals surface area contributed by atoms with Gasteiger partial charge in [0.25, 0.3) is 0 Å². The minimum absolute atomic E-state index is 0.611. The van der Waals surface area contributed by atoms with Crippen molar-refractivity contribution < 1.29 is 0 Å². The Morgan fingerprint density at radius 2 is 1.50 bits per heavy atom. The molecule has 0 radical (unpaired) electrons. The first kappa shape index (κ1) is 15.9. The Hall–Kier alpha value is -0.0800. The van der Waals surface area contributed by atoms with E-state index in [9.17, 15) is 0 Å². The van der Waals surface area contributed by atoms with Crippen LogP contribution < -0.4 is 10.6 Å². The number of rotatable bonds is 12. The molecular weight excluding hydrogens is 196 g/mol. The molecule has 2 N–H and O–H groups in total. The van der Waals surface area contributed by atoms with Gasteiger partial charge in [-0.2, -0.15) is 0 Å². The Labute approximate surface area is 103 Å². The van der Waals surface area contributed by atoms with Crippen molar-refractivity contribution in [3.05, 3.63) is 0 Å². The van der Waals surface area contributed by atoms with E-state index in [0.29, 0.717) is 6.04 Å². The maximum atomic E-state index is 3.56. The number of nitrogens with one attached hydrogen (secondary N) is 2. The molecule has 2 nitrogen and oxygen atoms in total. The maximum absolute atomic E-state index is 3.56. The molecule has 1 unspecified atom stereocenters. The number of unbranched alkanes of at least 4 members (excludes halogenated alkanes) is 6. The van der Waals surface area contributed by atoms with Gasteiger partial charge in [-0.3, -0.25) is 0 Å². The van der Waals surface area contributed by atoms with Crippen molar-refractivity contribution in [3.63, 3.8) is 0 Å². The summed E-state index contributed by atoms with van der Waals surface area (Å²) in [6.45, 7) is 10.0. The predicted molar refractivity (Wildman–Crippen MR) is 74.0 cm³/mol. The lowest BCUT2D eigenvalue weighted by Crippen LogP contribution is -2.36. The van der Waals surface area contributed by atoms with Gasteiger partial charge < -0.3 is 10.6 Å². The Kier molecular flexibility index (Phi) is 12.9. The van der Waals surface area contributed by atoms with Gasteiger partial charge in [-0.1, -0.05) is 52.4 Å². The molecule has 0 rings (SSSR count). The van der Waals surface area contributed by atoms with E-state index in [1.54, 1.807) is 0 Å². The average Bonchev–Trinajstić information content (AvgIpc) is 2.30. The van der Waals surface area contributed by atoms with E-state index in [1.165, 1.54) is 51.5 Å². The first-order valence-electron chi connectivity index (χ1n) is 7.25. The van der Waals surface area contributed by atoms with Crippen LogP contribution in [0.1, 0.15) is 65.7 Å². The highest BCUT2D eigenvalue weighted by Gasteiger charge is 1.98. The van der Waals surface area contributed by atoms with Crippen molar-refractivity contribution in [3.8, 4) is 0 Å². The topological polar surface area (TPSA) is 24.1 Å². The highest BCUT2D eigenvalue weighted by Crippen LogP contribution is 2.06. The average molecular weight is 228 g/mol. The summed E-state index contributed by atoms with van der Waals surface area (Å²) in [6, 6.07) is 0.611. The Morgan fingerprint density at radius 1 is 0.875 bits per heavy atom. The van der Waals surface area contributed by atoms with Crippen LogP contribution in [0.3, 0.4) is 0 Å². The molecular formula is C14H32N2. The van der Waals surface area contributed by atoms with Crippen molar-refractivity contribution in [2.24, 2.45) is 0 Å². The van der Waals surface area contributed by atoms with Gasteiger partial charge in [0.05, 0.1) is 0 Å². The van der Waals surface area contributed by atoms with E-state index in [1.807, 2.05) is 0 Å². The second-order valence-corrected chi connectivity index (χ2v) is 4.78. The summed E-state index contributed by atoms with van der Waals surface area (Å²) >= 11 is 0. The zero-order valence-electron chi connectivity index (χ0n) is 11.6. The quantitative estimate of drug-likeness (QED) is 0.501. The lowest BCUT2D eigenvalue weighted by Gasteiger charge is -2.13. The fourth-order valence-electron chi connectivity index (χ4n) is 1.86. The standard InChI is InChI=1S/C14H32N2/c1-4-6-7-8-9-10-11-12-16-14(3)13-15-5-2/h14-16H,4-13H2,1-3H3. The Bertz CT molecular complexity index is 126. The summed E-state index contributed by atoms with van der Waals surface area (Å²) in [5.74, 6) is 0. The van der Waals surface area contributed by atoms with Gasteiger partial charge in [0.15, 0.2) is 0 Å². The third-order valence-corrected chi connectivity index (χ3v) is 2.97. The van der Waals surface area contributed by atoms with E-state index in [0.717, 1.165) is 13.1 Å². The van der Waals surface area contributed by atoms with Crippen LogP contribution in [-0.4, -0.2) is 25.7 Å². The molecule has 0 amide bonds. The zero-order valence-corrected chi connectivity index (χ0v) is 11.6. The summed E-state index contributed by atoms with van der Waals surface area (Å²) < 4.78 is 0. The predicted octanol–water partition coefficient (Wildman–Crippen LogP) is 3.32. The zero-order chi connectivity index (χ0) is 12.1. The molecule has 16 heavy (non-hydrogen) atoms. The van der Waals surface area contributed by atoms with Gasteiger partial charge in [0.2, 0.25) is 0 Å². The molecule has 2 heteroatoms. The summed E-state index contributed by atoms with van der Waals surface area (Å²) in [5.41, 5.74) is 0. The summed E-state index contributed by atoms with van der Waals surface area (Å²) in [6.07, 6.45) is 9.78. The fourth-order valence-corrected chi connectivity index (χ4v) is 1.86. The third kappa shape index (κ3) is 12.0. The van der Waals surface area contributed by atoms with Crippen LogP contribution >= 0.6 is 0 Å². The van der Waals surface area contributed by atoms with Crippen molar-refractivity contribution in [1.29, 1.82) is 0 Å². The van der Waals surface area contributed by atoms with Crippen LogP contribution in [0.2, 0.25) is 0 Å². The Balaban J connectivity index is 3.02. The van der Waals surface area contributed by atoms with Gasteiger partial charge in [-0.05, 0) is 26.4 Å². The van der Waals surface area contributed by atoms with Crippen molar-refractivity contribution in [1.82, 2.24) is 10.6 Å². The molecule has 0 aromatic rings. The van der Waals surface area contributed by atoms with Gasteiger partial charge in [-0.25, -0.2) is 0 Å². The van der Waals surface area contributed by atoms with Crippen LogP contribution in [0, 0.1) is 0 Å². The summed E-state index contributed by atoms with van der Waals surface area (Å²) in [5, 5.41) is 6.92.